The van der Waals surface area contributed by atoms with Crippen LogP contribution in [0.15, 0.2) is 30.5 Å². The topological polar surface area (TPSA) is 67.2 Å². The fourth-order valence-corrected chi connectivity index (χ4v) is 2.76. The molecule has 17 heavy (non-hydrogen) atoms. The summed E-state index contributed by atoms with van der Waals surface area (Å²) < 4.78 is 0. The van der Waals surface area contributed by atoms with Gasteiger partial charge in [0.2, 0.25) is 0 Å². The van der Waals surface area contributed by atoms with Crippen molar-refractivity contribution in [2.45, 2.75) is 24.8 Å². The SMILES string of the molecule is C=C1NC(=O)NC12CCc1ccc(N)cc1C2. The Kier molecular flexibility index (Phi) is 1.96. The third kappa shape index (κ3) is 1.48. The minimum Gasteiger partial charge on any atom is -0.399 e. The molecule has 4 nitrogen and oxygen atoms in total. The lowest BCUT2D eigenvalue weighted by Crippen LogP contribution is -2.46. The number of fused-ring (bicyclic) bond motifs is 1. The Labute approximate surface area is 99.9 Å². The molecule has 4 N–H and O–H groups in total. The van der Waals surface area contributed by atoms with Crippen molar-refractivity contribution in [2.24, 2.45) is 0 Å². The molecule has 1 spiro atoms. The Morgan fingerprint density at radius 3 is 2.88 bits per heavy atom. The minimum absolute atomic E-state index is 0.151. The first kappa shape index (κ1) is 10.2. The number of nitrogen functional groups attached to an aromatic ring is 1. The van der Waals surface area contributed by atoms with E-state index in [1.54, 1.807) is 0 Å². The van der Waals surface area contributed by atoms with Gasteiger partial charge < -0.3 is 16.4 Å². The third-order valence-electron chi connectivity index (χ3n) is 3.74. The number of carbonyl (C=O) groups is 1. The first-order chi connectivity index (χ1) is 8.09. The molecule has 1 heterocycles. The third-order valence-corrected chi connectivity index (χ3v) is 3.74. The predicted molar refractivity (Wildman–Crippen MR) is 66.4 cm³/mol. The second-order valence-corrected chi connectivity index (χ2v) is 4.84. The van der Waals surface area contributed by atoms with Gasteiger partial charge >= 0.3 is 6.03 Å². The van der Waals surface area contributed by atoms with E-state index in [0.29, 0.717) is 0 Å². The Bertz CT molecular complexity index is 523. The van der Waals surface area contributed by atoms with Crippen LogP contribution in [-0.4, -0.2) is 11.6 Å². The molecule has 1 aliphatic carbocycles. The van der Waals surface area contributed by atoms with Crippen LogP contribution in [0.25, 0.3) is 0 Å². The molecule has 4 heteroatoms. The highest BCUT2D eigenvalue weighted by molar-refractivity contribution is 5.82. The van der Waals surface area contributed by atoms with E-state index in [1.165, 1.54) is 11.1 Å². The van der Waals surface area contributed by atoms with Gasteiger partial charge in [-0.15, -0.1) is 0 Å². The van der Waals surface area contributed by atoms with Crippen molar-refractivity contribution in [3.63, 3.8) is 0 Å². The van der Waals surface area contributed by atoms with Crippen molar-refractivity contribution < 1.29 is 4.79 Å². The van der Waals surface area contributed by atoms with E-state index in [4.69, 9.17) is 5.73 Å². The van der Waals surface area contributed by atoms with Gasteiger partial charge in [-0.05, 0) is 36.1 Å². The van der Waals surface area contributed by atoms with Gasteiger partial charge in [-0.1, -0.05) is 12.6 Å². The Morgan fingerprint density at radius 2 is 2.18 bits per heavy atom. The van der Waals surface area contributed by atoms with E-state index in [1.807, 2.05) is 12.1 Å². The molecule has 0 saturated carbocycles. The van der Waals surface area contributed by atoms with Crippen molar-refractivity contribution in [3.8, 4) is 0 Å². The lowest BCUT2D eigenvalue weighted by Gasteiger charge is -2.34. The summed E-state index contributed by atoms with van der Waals surface area (Å²) >= 11 is 0. The lowest BCUT2D eigenvalue weighted by atomic mass is 9.77. The molecule has 1 fully saturated rings. The van der Waals surface area contributed by atoms with Gasteiger partial charge in [0.1, 0.15) is 0 Å². The number of anilines is 1. The molecule has 2 amide bonds. The molecule has 1 aliphatic heterocycles. The highest BCUT2D eigenvalue weighted by Gasteiger charge is 2.43. The maximum absolute atomic E-state index is 11.4. The summed E-state index contributed by atoms with van der Waals surface area (Å²) in [7, 11) is 0. The van der Waals surface area contributed by atoms with Crippen LogP contribution >= 0.6 is 0 Å². The van der Waals surface area contributed by atoms with Gasteiger partial charge in [0.15, 0.2) is 0 Å². The van der Waals surface area contributed by atoms with E-state index >= 15 is 0 Å². The average Bonchev–Trinajstić information content (AvgIpc) is 2.53. The molecule has 3 rings (SSSR count). The highest BCUT2D eigenvalue weighted by Crippen LogP contribution is 2.35. The van der Waals surface area contributed by atoms with Gasteiger partial charge in [0, 0.05) is 17.8 Å². The van der Waals surface area contributed by atoms with Crippen molar-refractivity contribution >= 4 is 11.7 Å². The Morgan fingerprint density at radius 1 is 1.35 bits per heavy atom. The van der Waals surface area contributed by atoms with Crippen LogP contribution in [0.2, 0.25) is 0 Å². The zero-order valence-electron chi connectivity index (χ0n) is 9.55. The summed E-state index contributed by atoms with van der Waals surface area (Å²) in [6, 6.07) is 5.85. The van der Waals surface area contributed by atoms with E-state index in [9.17, 15) is 4.79 Å². The predicted octanol–water partition coefficient (Wildman–Crippen LogP) is 1.32. The number of nitrogens with two attached hydrogens (primary N) is 1. The van der Waals surface area contributed by atoms with Gasteiger partial charge in [0.25, 0.3) is 0 Å². The molecular weight excluding hydrogens is 214 g/mol. The summed E-state index contributed by atoms with van der Waals surface area (Å²) in [4.78, 5) is 11.4. The second kappa shape index (κ2) is 3.26. The van der Waals surface area contributed by atoms with Crippen molar-refractivity contribution in [1.82, 2.24) is 10.6 Å². The minimum atomic E-state index is -0.322. The smallest absolute Gasteiger partial charge is 0.319 e. The molecule has 1 unspecified atom stereocenters. The summed E-state index contributed by atoms with van der Waals surface area (Å²) in [5.41, 5.74) is 9.55. The normalized spacial score (nSPS) is 26.6. The second-order valence-electron chi connectivity index (χ2n) is 4.84. The first-order valence-electron chi connectivity index (χ1n) is 5.75. The average molecular weight is 229 g/mol. The summed E-state index contributed by atoms with van der Waals surface area (Å²) in [6.45, 7) is 3.95. The fourth-order valence-electron chi connectivity index (χ4n) is 2.76. The number of rotatable bonds is 0. The molecular formula is C13H15N3O. The van der Waals surface area contributed by atoms with Crippen LogP contribution in [0.1, 0.15) is 17.5 Å². The summed E-state index contributed by atoms with van der Waals surface area (Å²) in [5.74, 6) is 0. The molecule has 1 atom stereocenters. The standard InChI is InChI=1S/C13H15N3O/c1-8-13(16-12(17)15-8)5-4-9-2-3-11(14)6-10(9)7-13/h2-3,6H,1,4-5,7,14H2,(H2,15,16,17). The maximum atomic E-state index is 11.4. The first-order valence-corrected chi connectivity index (χ1v) is 5.75. The number of aryl methyl sites for hydroxylation is 1. The molecule has 0 radical (unpaired) electrons. The monoisotopic (exact) mass is 229 g/mol. The number of nitrogens with one attached hydrogen (secondary N) is 2. The summed E-state index contributed by atoms with van der Waals surface area (Å²) in [5, 5.41) is 5.74. The van der Waals surface area contributed by atoms with Gasteiger partial charge in [-0.3, -0.25) is 0 Å². The fraction of sp³-hybridized carbons (Fsp3) is 0.308. The molecule has 1 aromatic rings. The van der Waals surface area contributed by atoms with Gasteiger partial charge in [0.05, 0.1) is 5.54 Å². The molecule has 1 saturated heterocycles. The molecule has 2 aliphatic rings. The largest absolute Gasteiger partial charge is 0.399 e. The maximum Gasteiger partial charge on any atom is 0.319 e. The number of hydrogen-bond donors (Lipinski definition) is 3. The van der Waals surface area contributed by atoms with Crippen molar-refractivity contribution in [1.29, 1.82) is 0 Å². The Hall–Kier alpha value is -1.97. The number of urea groups is 1. The molecule has 1 aromatic carbocycles. The van der Waals surface area contributed by atoms with Crippen LogP contribution in [-0.2, 0) is 12.8 Å². The highest BCUT2D eigenvalue weighted by atomic mass is 16.2. The summed E-state index contributed by atoms with van der Waals surface area (Å²) in [6.07, 6.45) is 2.60. The quantitative estimate of drug-likeness (QED) is 0.587. The number of carbonyl (C=O) groups excluding carboxylic acids is 1. The van der Waals surface area contributed by atoms with Crippen molar-refractivity contribution in [3.05, 3.63) is 41.6 Å². The van der Waals surface area contributed by atoms with Crippen LogP contribution in [0.3, 0.4) is 0 Å². The molecule has 0 aromatic heterocycles. The number of amides is 2. The van der Waals surface area contributed by atoms with Crippen LogP contribution in [0.5, 0.6) is 0 Å². The molecule has 88 valence electrons. The van der Waals surface area contributed by atoms with Crippen LogP contribution in [0, 0.1) is 0 Å². The lowest BCUT2D eigenvalue weighted by molar-refractivity contribution is 0.242. The molecule has 0 bridgehead atoms. The zero-order valence-corrected chi connectivity index (χ0v) is 9.55. The van der Waals surface area contributed by atoms with E-state index < -0.39 is 0 Å². The van der Waals surface area contributed by atoms with Crippen LogP contribution < -0.4 is 16.4 Å². The number of hydrogen-bond acceptors (Lipinski definition) is 2. The van der Waals surface area contributed by atoms with E-state index in [2.05, 4.69) is 23.3 Å². The Balaban J connectivity index is 1.99. The number of benzene rings is 1. The zero-order chi connectivity index (χ0) is 12.0. The van der Waals surface area contributed by atoms with E-state index in [0.717, 1.165) is 30.6 Å². The van der Waals surface area contributed by atoms with Crippen molar-refractivity contribution in [2.75, 3.05) is 5.73 Å². The van der Waals surface area contributed by atoms with Crippen LogP contribution in [0.4, 0.5) is 10.5 Å². The van der Waals surface area contributed by atoms with Gasteiger partial charge in [-0.25, -0.2) is 4.79 Å². The van der Waals surface area contributed by atoms with E-state index in [-0.39, 0.29) is 11.6 Å². The van der Waals surface area contributed by atoms with Gasteiger partial charge in [-0.2, -0.15) is 0 Å².